The van der Waals surface area contributed by atoms with Gasteiger partial charge in [-0.15, -0.1) is 23.7 Å². The van der Waals surface area contributed by atoms with Crippen molar-refractivity contribution < 1.29 is 4.74 Å². The number of nitrogens with one attached hydrogen (secondary N) is 1. The van der Waals surface area contributed by atoms with Crippen molar-refractivity contribution in [2.24, 2.45) is 0 Å². The van der Waals surface area contributed by atoms with Crippen LogP contribution in [0, 0.1) is 0 Å². The summed E-state index contributed by atoms with van der Waals surface area (Å²) in [5.74, 6) is 0. The van der Waals surface area contributed by atoms with Crippen LogP contribution in [0.4, 0.5) is 0 Å². The maximum atomic E-state index is 5.25. The van der Waals surface area contributed by atoms with Gasteiger partial charge in [-0.1, -0.05) is 0 Å². The Morgan fingerprint density at radius 3 is 2.75 bits per heavy atom. The number of hydrogen-bond donors (Lipinski definition) is 1. The van der Waals surface area contributed by atoms with E-state index in [1.807, 2.05) is 0 Å². The van der Waals surface area contributed by atoms with Crippen molar-refractivity contribution >= 4 is 39.7 Å². The van der Waals surface area contributed by atoms with E-state index >= 15 is 0 Å². The van der Waals surface area contributed by atoms with E-state index in [9.17, 15) is 0 Å². The van der Waals surface area contributed by atoms with Gasteiger partial charge in [0.1, 0.15) is 0 Å². The minimum atomic E-state index is 0. The number of thiophene rings is 1. The van der Waals surface area contributed by atoms with Crippen LogP contribution in [-0.4, -0.2) is 38.2 Å². The van der Waals surface area contributed by atoms with Crippen molar-refractivity contribution in [3.63, 3.8) is 0 Å². The van der Waals surface area contributed by atoms with Crippen LogP contribution in [0.15, 0.2) is 10.5 Å². The molecule has 0 aromatic carbocycles. The molecular weight excluding hydrogens is 312 g/mol. The number of halogens is 2. The molecule has 92 valence electrons. The Morgan fingerprint density at radius 2 is 2.31 bits per heavy atom. The Bertz CT molecular complexity index is 344. The summed E-state index contributed by atoms with van der Waals surface area (Å²) in [5.41, 5.74) is 0. The minimum Gasteiger partial charge on any atom is -0.486 e. The van der Waals surface area contributed by atoms with Gasteiger partial charge in [-0.2, -0.15) is 0 Å². The van der Waals surface area contributed by atoms with Crippen LogP contribution in [0.5, 0.6) is 5.06 Å². The molecule has 16 heavy (non-hydrogen) atoms. The Morgan fingerprint density at radius 1 is 1.62 bits per heavy atom. The van der Waals surface area contributed by atoms with E-state index in [0.717, 1.165) is 29.2 Å². The Labute approximate surface area is 115 Å². The highest BCUT2D eigenvalue weighted by Crippen LogP contribution is 2.35. The molecule has 1 aromatic heterocycles. The van der Waals surface area contributed by atoms with Gasteiger partial charge in [0, 0.05) is 30.6 Å². The third-order valence-electron chi connectivity index (χ3n) is 2.68. The third kappa shape index (κ3) is 3.11. The smallest absolute Gasteiger partial charge is 0.188 e. The summed E-state index contributed by atoms with van der Waals surface area (Å²) in [6, 6.07) is 2.84. The topological polar surface area (TPSA) is 24.5 Å². The summed E-state index contributed by atoms with van der Waals surface area (Å²) < 4.78 is 6.31. The molecule has 2 rings (SSSR count). The first kappa shape index (κ1) is 14.3. The number of methoxy groups -OCH3 is 1. The van der Waals surface area contributed by atoms with E-state index in [0.29, 0.717) is 6.04 Å². The second kappa shape index (κ2) is 6.21. The molecule has 1 aliphatic heterocycles. The van der Waals surface area contributed by atoms with E-state index in [2.05, 4.69) is 39.3 Å². The minimum absolute atomic E-state index is 0. The zero-order valence-corrected chi connectivity index (χ0v) is 12.5. The molecular formula is C10H16BrClN2OS. The van der Waals surface area contributed by atoms with Crippen molar-refractivity contribution in [3.8, 4) is 5.06 Å². The number of ether oxygens (including phenoxy) is 1. The summed E-state index contributed by atoms with van der Waals surface area (Å²) in [6.07, 6.45) is 0. The molecule has 0 aliphatic carbocycles. The van der Waals surface area contributed by atoms with E-state index in [1.54, 1.807) is 18.4 Å². The molecule has 0 amide bonds. The highest BCUT2D eigenvalue weighted by Gasteiger charge is 2.22. The number of hydrogen-bond acceptors (Lipinski definition) is 4. The van der Waals surface area contributed by atoms with Gasteiger partial charge in [-0.25, -0.2) is 0 Å². The second-order valence-corrected chi connectivity index (χ2v) is 5.73. The third-order valence-corrected chi connectivity index (χ3v) is 4.61. The SMILES string of the molecule is COc1sc(CN(C)C2CNC2)cc1Br.Cl. The Kier molecular flexibility index (Phi) is 5.53. The zero-order chi connectivity index (χ0) is 10.8. The lowest BCUT2D eigenvalue weighted by atomic mass is 10.1. The highest BCUT2D eigenvalue weighted by atomic mass is 79.9. The largest absolute Gasteiger partial charge is 0.486 e. The quantitative estimate of drug-likeness (QED) is 0.919. The molecule has 0 unspecified atom stereocenters. The maximum Gasteiger partial charge on any atom is 0.188 e. The molecule has 1 N–H and O–H groups in total. The standard InChI is InChI=1S/C10H15BrN2OS.ClH/c1-13(7-4-12-5-7)6-8-3-9(11)10(14-2)15-8;/h3,7,12H,4-6H2,1-2H3;1H. The van der Waals surface area contributed by atoms with Gasteiger partial charge in [0.2, 0.25) is 0 Å². The van der Waals surface area contributed by atoms with E-state index < -0.39 is 0 Å². The first-order chi connectivity index (χ1) is 7.20. The molecule has 3 nitrogen and oxygen atoms in total. The lowest BCUT2D eigenvalue weighted by Gasteiger charge is -2.35. The Hall–Kier alpha value is 0.190. The molecule has 2 heterocycles. The van der Waals surface area contributed by atoms with Crippen LogP contribution in [0.1, 0.15) is 4.88 Å². The number of rotatable bonds is 4. The molecule has 0 spiro atoms. The fourth-order valence-electron chi connectivity index (χ4n) is 1.57. The Balaban J connectivity index is 0.00000128. The number of nitrogens with zero attached hydrogens (tertiary/aromatic N) is 1. The molecule has 0 saturated carbocycles. The molecule has 1 saturated heterocycles. The van der Waals surface area contributed by atoms with Crippen molar-refractivity contribution in [2.75, 3.05) is 27.2 Å². The summed E-state index contributed by atoms with van der Waals surface area (Å²) >= 11 is 5.20. The van der Waals surface area contributed by atoms with Gasteiger partial charge in [-0.05, 0) is 29.0 Å². The van der Waals surface area contributed by atoms with Crippen LogP contribution < -0.4 is 10.1 Å². The zero-order valence-electron chi connectivity index (χ0n) is 9.33. The first-order valence-electron chi connectivity index (χ1n) is 4.94. The van der Waals surface area contributed by atoms with Gasteiger partial charge in [0.05, 0.1) is 11.6 Å². The van der Waals surface area contributed by atoms with Crippen molar-refractivity contribution in [1.29, 1.82) is 0 Å². The molecule has 6 heteroatoms. The predicted molar refractivity (Wildman–Crippen MR) is 73.9 cm³/mol. The van der Waals surface area contributed by atoms with E-state index in [4.69, 9.17) is 4.74 Å². The summed E-state index contributed by atoms with van der Waals surface area (Å²) in [6.45, 7) is 3.22. The maximum absolute atomic E-state index is 5.25. The van der Waals surface area contributed by atoms with Gasteiger partial charge in [-0.3, -0.25) is 4.90 Å². The predicted octanol–water partition coefficient (Wildman–Crippen LogP) is 2.34. The lowest BCUT2D eigenvalue weighted by molar-refractivity contribution is 0.174. The van der Waals surface area contributed by atoms with E-state index in [-0.39, 0.29) is 12.4 Å². The molecule has 1 aromatic rings. The molecule has 0 bridgehead atoms. The van der Waals surface area contributed by atoms with Crippen LogP contribution in [0.25, 0.3) is 0 Å². The van der Waals surface area contributed by atoms with E-state index in [1.165, 1.54) is 4.88 Å². The van der Waals surface area contributed by atoms with Crippen LogP contribution in [0.3, 0.4) is 0 Å². The van der Waals surface area contributed by atoms with Crippen LogP contribution >= 0.6 is 39.7 Å². The van der Waals surface area contributed by atoms with Gasteiger partial charge >= 0.3 is 0 Å². The second-order valence-electron chi connectivity index (χ2n) is 3.78. The van der Waals surface area contributed by atoms with Crippen LogP contribution in [-0.2, 0) is 6.54 Å². The molecule has 0 atom stereocenters. The molecule has 1 fully saturated rings. The average molecular weight is 328 g/mol. The fourth-order valence-corrected chi connectivity index (χ4v) is 3.33. The monoisotopic (exact) mass is 326 g/mol. The lowest BCUT2D eigenvalue weighted by Crippen LogP contribution is -2.55. The molecule has 0 radical (unpaired) electrons. The first-order valence-corrected chi connectivity index (χ1v) is 6.55. The summed E-state index contributed by atoms with van der Waals surface area (Å²) in [7, 11) is 3.88. The van der Waals surface area contributed by atoms with Crippen molar-refractivity contribution in [2.45, 2.75) is 12.6 Å². The summed E-state index contributed by atoms with van der Waals surface area (Å²) in [4.78, 5) is 3.72. The van der Waals surface area contributed by atoms with Gasteiger partial charge < -0.3 is 10.1 Å². The van der Waals surface area contributed by atoms with Gasteiger partial charge in [0.15, 0.2) is 5.06 Å². The average Bonchev–Trinajstić information content (AvgIpc) is 2.42. The van der Waals surface area contributed by atoms with Crippen LogP contribution in [0.2, 0.25) is 0 Å². The fraction of sp³-hybridized carbons (Fsp3) is 0.600. The normalized spacial score (nSPS) is 15.8. The number of likely N-dealkylation sites (N-methyl/N-ethyl adjacent to an activating group) is 1. The summed E-state index contributed by atoms with van der Waals surface area (Å²) in [5, 5.41) is 4.25. The van der Waals surface area contributed by atoms with Gasteiger partial charge in [0.25, 0.3) is 0 Å². The van der Waals surface area contributed by atoms with Crippen molar-refractivity contribution in [3.05, 3.63) is 15.4 Å². The molecule has 1 aliphatic rings. The highest BCUT2D eigenvalue weighted by molar-refractivity contribution is 9.10. The van der Waals surface area contributed by atoms with Crippen molar-refractivity contribution in [1.82, 2.24) is 10.2 Å².